The molecule has 9 heteroatoms. The summed E-state index contributed by atoms with van der Waals surface area (Å²) < 4.78 is 44.7. The first kappa shape index (κ1) is 27.3. The van der Waals surface area contributed by atoms with Gasteiger partial charge in [0.05, 0.1) is 21.7 Å². The number of nitrogens with one attached hydrogen (secondary N) is 2. The quantitative estimate of drug-likeness (QED) is 0.315. The van der Waals surface area contributed by atoms with Gasteiger partial charge in [0.15, 0.2) is 0 Å². The molecule has 0 saturated heterocycles. The molecule has 3 aromatic rings. The van der Waals surface area contributed by atoms with Crippen molar-refractivity contribution < 1.29 is 22.7 Å². The number of carbonyl (C=O) groups is 1. The van der Waals surface area contributed by atoms with Gasteiger partial charge in [-0.1, -0.05) is 66.2 Å². The van der Waals surface area contributed by atoms with Gasteiger partial charge in [0.2, 0.25) is 0 Å². The van der Waals surface area contributed by atoms with Crippen LogP contribution in [0.1, 0.15) is 30.2 Å². The zero-order valence-corrected chi connectivity index (χ0v) is 21.4. The van der Waals surface area contributed by atoms with Crippen molar-refractivity contribution in [2.75, 3.05) is 6.54 Å². The summed E-state index contributed by atoms with van der Waals surface area (Å²) in [6.45, 7) is -1.23. The maximum Gasteiger partial charge on any atom is 0.387 e. The van der Waals surface area contributed by atoms with Crippen molar-refractivity contribution in [3.63, 3.8) is 0 Å². The van der Waals surface area contributed by atoms with Gasteiger partial charge in [-0.05, 0) is 54.8 Å². The van der Waals surface area contributed by atoms with Gasteiger partial charge in [0.1, 0.15) is 11.6 Å². The van der Waals surface area contributed by atoms with Crippen LogP contribution in [0.4, 0.5) is 18.0 Å². The fourth-order valence-electron chi connectivity index (χ4n) is 4.62. The van der Waals surface area contributed by atoms with E-state index in [1.807, 2.05) is 30.3 Å². The number of allylic oxidation sites excluding steroid dienone is 2. The molecule has 2 amide bonds. The third-order valence-electron chi connectivity index (χ3n) is 6.41. The van der Waals surface area contributed by atoms with Gasteiger partial charge in [-0.15, -0.1) is 0 Å². The van der Waals surface area contributed by atoms with Gasteiger partial charge < -0.3 is 15.4 Å². The van der Waals surface area contributed by atoms with Crippen LogP contribution in [0.5, 0.6) is 5.75 Å². The Balaban J connectivity index is 1.74. The van der Waals surface area contributed by atoms with Gasteiger partial charge in [-0.2, -0.15) is 8.78 Å². The van der Waals surface area contributed by atoms with E-state index in [1.54, 1.807) is 43.3 Å². The van der Waals surface area contributed by atoms with E-state index in [2.05, 4.69) is 20.4 Å². The standard InChI is InChI=1S/C29H27ClF3N3O2/c1-28(14-6-10-23(31)17-28)36-27(37)35-19-29(16-20-7-3-2-4-8-20,25-13-12-22(30)18-34-25)21-9-5-11-24(15-21)38-26(32)33/h2-15,18,26H,16-17,19H2,1H3,(H2,35,36,37)/t28?,29-/m0/s1. The van der Waals surface area contributed by atoms with Crippen molar-refractivity contribution in [1.29, 1.82) is 0 Å². The van der Waals surface area contributed by atoms with E-state index in [4.69, 9.17) is 11.6 Å². The molecule has 1 unspecified atom stereocenters. The van der Waals surface area contributed by atoms with Crippen molar-refractivity contribution in [3.05, 3.63) is 119 Å². The molecule has 1 heterocycles. The van der Waals surface area contributed by atoms with Gasteiger partial charge in [0.25, 0.3) is 0 Å². The number of hydrogen-bond donors (Lipinski definition) is 2. The number of rotatable bonds is 9. The highest BCUT2D eigenvalue weighted by Crippen LogP contribution is 2.37. The zero-order valence-electron chi connectivity index (χ0n) is 20.6. The highest BCUT2D eigenvalue weighted by atomic mass is 35.5. The monoisotopic (exact) mass is 541 g/mol. The number of ether oxygens (including phenoxy) is 1. The minimum Gasteiger partial charge on any atom is -0.435 e. The molecule has 2 aromatic carbocycles. The first-order valence-corrected chi connectivity index (χ1v) is 12.4. The number of urea groups is 1. The van der Waals surface area contributed by atoms with Crippen molar-refractivity contribution in [2.45, 2.75) is 37.3 Å². The molecule has 1 aliphatic rings. The Morgan fingerprint density at radius 2 is 1.95 bits per heavy atom. The smallest absolute Gasteiger partial charge is 0.387 e. The fraction of sp³-hybridized carbons (Fsp3) is 0.241. The molecule has 4 rings (SSSR count). The number of alkyl halides is 2. The molecule has 0 saturated carbocycles. The normalized spacial score (nSPS) is 18.4. The van der Waals surface area contributed by atoms with Crippen LogP contribution < -0.4 is 15.4 Å². The third-order valence-corrected chi connectivity index (χ3v) is 6.63. The molecule has 1 aromatic heterocycles. The number of halogens is 4. The highest BCUT2D eigenvalue weighted by molar-refractivity contribution is 6.30. The molecule has 0 aliphatic heterocycles. The summed E-state index contributed by atoms with van der Waals surface area (Å²) in [4.78, 5) is 17.7. The lowest BCUT2D eigenvalue weighted by Crippen LogP contribution is -2.53. The molecule has 0 radical (unpaired) electrons. The van der Waals surface area contributed by atoms with E-state index in [-0.39, 0.29) is 24.5 Å². The molecular formula is C29H27ClF3N3O2. The molecule has 0 bridgehead atoms. The lowest BCUT2D eigenvalue weighted by molar-refractivity contribution is -0.0499. The first-order valence-electron chi connectivity index (χ1n) is 12.0. The van der Waals surface area contributed by atoms with Crippen LogP contribution >= 0.6 is 11.6 Å². The molecule has 198 valence electrons. The Morgan fingerprint density at radius 1 is 1.16 bits per heavy atom. The van der Waals surface area contributed by atoms with Crippen LogP contribution in [0.25, 0.3) is 0 Å². The topological polar surface area (TPSA) is 63.2 Å². The Hall–Kier alpha value is -3.78. The van der Waals surface area contributed by atoms with Crippen LogP contribution in [-0.4, -0.2) is 29.7 Å². The van der Waals surface area contributed by atoms with Crippen molar-refractivity contribution in [1.82, 2.24) is 15.6 Å². The third kappa shape index (κ3) is 6.75. The van der Waals surface area contributed by atoms with Crippen LogP contribution in [0, 0.1) is 0 Å². The van der Waals surface area contributed by atoms with E-state index in [0.717, 1.165) is 5.56 Å². The Kier molecular flexibility index (Phi) is 8.42. The number of carbonyl (C=O) groups excluding carboxylic acids is 1. The molecule has 2 atom stereocenters. The van der Waals surface area contributed by atoms with Gasteiger partial charge in [0, 0.05) is 19.2 Å². The molecule has 38 heavy (non-hydrogen) atoms. The van der Waals surface area contributed by atoms with Gasteiger partial charge in [-0.25, -0.2) is 9.18 Å². The maximum absolute atomic E-state index is 13.9. The molecule has 1 aliphatic carbocycles. The minimum absolute atomic E-state index is 0.0181. The summed E-state index contributed by atoms with van der Waals surface area (Å²) in [5, 5.41) is 6.17. The van der Waals surface area contributed by atoms with Crippen molar-refractivity contribution in [2.24, 2.45) is 0 Å². The largest absolute Gasteiger partial charge is 0.435 e. The Morgan fingerprint density at radius 3 is 2.63 bits per heavy atom. The lowest BCUT2D eigenvalue weighted by atomic mass is 9.72. The summed E-state index contributed by atoms with van der Waals surface area (Å²) in [7, 11) is 0. The van der Waals surface area contributed by atoms with E-state index in [9.17, 15) is 18.0 Å². The van der Waals surface area contributed by atoms with Crippen LogP contribution in [-0.2, 0) is 11.8 Å². The predicted octanol–water partition coefficient (Wildman–Crippen LogP) is 6.74. The summed E-state index contributed by atoms with van der Waals surface area (Å²) in [5.41, 5.74) is 0.194. The number of pyridine rings is 1. The zero-order chi connectivity index (χ0) is 27.2. The van der Waals surface area contributed by atoms with E-state index < -0.39 is 23.6 Å². The second-order valence-corrected chi connectivity index (χ2v) is 9.82. The number of nitrogens with zero attached hydrogens (tertiary/aromatic N) is 1. The molecule has 2 N–H and O–H groups in total. The molecule has 5 nitrogen and oxygen atoms in total. The Labute approximate surface area is 224 Å². The second-order valence-electron chi connectivity index (χ2n) is 9.39. The summed E-state index contributed by atoms with van der Waals surface area (Å²) in [5.74, 6) is -0.356. The molecule has 0 spiro atoms. The van der Waals surface area contributed by atoms with Crippen LogP contribution in [0.2, 0.25) is 5.02 Å². The SMILES string of the molecule is CC1(NC(=O)NC[C@@](Cc2ccccc2)(c2cccc(OC(F)F)c2)c2ccc(Cl)cn2)C=CC=C(F)C1. The first-order chi connectivity index (χ1) is 18.2. The number of hydrogen-bond acceptors (Lipinski definition) is 3. The summed E-state index contributed by atoms with van der Waals surface area (Å²) >= 11 is 6.13. The van der Waals surface area contributed by atoms with E-state index >= 15 is 0 Å². The highest BCUT2D eigenvalue weighted by Gasteiger charge is 2.38. The molecule has 0 fully saturated rings. The fourth-order valence-corrected chi connectivity index (χ4v) is 4.73. The van der Waals surface area contributed by atoms with Gasteiger partial charge >= 0.3 is 12.6 Å². The number of benzene rings is 2. The number of amides is 2. The average molecular weight is 542 g/mol. The molecular weight excluding hydrogens is 515 g/mol. The lowest BCUT2D eigenvalue weighted by Gasteiger charge is -2.36. The minimum atomic E-state index is -3.00. The van der Waals surface area contributed by atoms with Crippen LogP contribution in [0.3, 0.4) is 0 Å². The van der Waals surface area contributed by atoms with Crippen molar-refractivity contribution >= 4 is 17.6 Å². The van der Waals surface area contributed by atoms with Gasteiger partial charge in [-0.3, -0.25) is 4.98 Å². The maximum atomic E-state index is 13.9. The van der Waals surface area contributed by atoms with E-state index in [0.29, 0.717) is 22.7 Å². The second kappa shape index (κ2) is 11.7. The Bertz CT molecular complexity index is 1320. The average Bonchev–Trinajstić information content (AvgIpc) is 2.87. The van der Waals surface area contributed by atoms with E-state index in [1.165, 1.54) is 24.4 Å². The van der Waals surface area contributed by atoms with Crippen molar-refractivity contribution in [3.8, 4) is 5.75 Å². The summed E-state index contributed by atoms with van der Waals surface area (Å²) in [6.07, 6.45) is 6.53. The summed E-state index contributed by atoms with van der Waals surface area (Å²) in [6, 6.07) is 18.8. The predicted molar refractivity (Wildman–Crippen MR) is 141 cm³/mol. The van der Waals surface area contributed by atoms with Crippen LogP contribution in [0.15, 0.2) is 97.0 Å². The number of aromatic nitrogens is 1.